The van der Waals surface area contributed by atoms with E-state index < -0.39 is 21.9 Å². The molecule has 0 bridgehead atoms. The molecule has 7 nitrogen and oxygen atoms in total. The number of rotatable bonds is 4. The summed E-state index contributed by atoms with van der Waals surface area (Å²) in [5.41, 5.74) is 0. The third-order valence-corrected chi connectivity index (χ3v) is 6.32. The van der Waals surface area contributed by atoms with Gasteiger partial charge in [0, 0.05) is 18.0 Å². The van der Waals surface area contributed by atoms with E-state index in [4.69, 9.17) is 5.11 Å². The van der Waals surface area contributed by atoms with Gasteiger partial charge in [-0.2, -0.15) is 0 Å². The van der Waals surface area contributed by atoms with Crippen molar-refractivity contribution in [2.24, 2.45) is 5.92 Å². The van der Waals surface area contributed by atoms with E-state index in [0.29, 0.717) is 17.7 Å². The first-order valence-electron chi connectivity index (χ1n) is 6.82. The predicted octanol–water partition coefficient (Wildman–Crippen LogP) is 0.981. The Balaban J connectivity index is 2.22. The first kappa shape index (κ1) is 16.9. The summed E-state index contributed by atoms with van der Waals surface area (Å²) in [6.07, 6.45) is 1.17. The molecule has 2 N–H and O–H groups in total. The first-order chi connectivity index (χ1) is 10.3. The van der Waals surface area contributed by atoms with Gasteiger partial charge in [0.2, 0.25) is 10.0 Å². The number of hydrogen-bond acceptors (Lipinski definition) is 5. The van der Waals surface area contributed by atoms with Gasteiger partial charge in [-0.1, -0.05) is 0 Å². The van der Waals surface area contributed by atoms with Gasteiger partial charge in [-0.15, -0.1) is 11.3 Å². The number of carboxylic acids is 1. The Morgan fingerprint density at radius 3 is 2.68 bits per heavy atom. The second kappa shape index (κ2) is 6.35. The lowest BCUT2D eigenvalue weighted by Gasteiger charge is -2.36. The predicted molar refractivity (Wildman–Crippen MR) is 81.4 cm³/mol. The minimum Gasteiger partial charge on any atom is -0.481 e. The maximum Gasteiger partial charge on any atom is 0.308 e. The molecule has 122 valence electrons. The van der Waals surface area contributed by atoms with Crippen molar-refractivity contribution < 1.29 is 23.1 Å². The van der Waals surface area contributed by atoms with Gasteiger partial charge in [0.05, 0.1) is 15.7 Å². The van der Waals surface area contributed by atoms with E-state index in [9.17, 15) is 18.0 Å². The summed E-state index contributed by atoms with van der Waals surface area (Å²) >= 11 is 1.05. The summed E-state index contributed by atoms with van der Waals surface area (Å²) < 4.78 is 25.6. The molecular weight excluding hydrogens is 328 g/mol. The fraction of sp³-hybridized carbons (Fsp3) is 0.538. The third-order valence-electron chi connectivity index (χ3n) is 3.86. The van der Waals surface area contributed by atoms with E-state index in [2.05, 4.69) is 4.72 Å². The van der Waals surface area contributed by atoms with Crippen LogP contribution in [0.1, 0.15) is 29.4 Å². The van der Waals surface area contributed by atoms with Gasteiger partial charge >= 0.3 is 5.97 Å². The molecular formula is C13H18N2O5S2. The van der Waals surface area contributed by atoms with Crippen LogP contribution in [0.4, 0.5) is 0 Å². The zero-order valence-corrected chi connectivity index (χ0v) is 13.9. The van der Waals surface area contributed by atoms with E-state index in [-0.39, 0.29) is 23.4 Å². The van der Waals surface area contributed by atoms with Gasteiger partial charge in [-0.25, -0.2) is 13.1 Å². The summed E-state index contributed by atoms with van der Waals surface area (Å²) in [6.45, 7) is 2.02. The molecule has 2 rings (SSSR count). The molecule has 2 heterocycles. The molecule has 0 aliphatic carbocycles. The number of piperidine rings is 1. The summed E-state index contributed by atoms with van der Waals surface area (Å²) in [4.78, 5) is 25.5. The molecule has 0 saturated carbocycles. The van der Waals surface area contributed by atoms with Crippen LogP contribution in [-0.4, -0.2) is 49.9 Å². The highest BCUT2D eigenvalue weighted by Crippen LogP contribution is 2.27. The Morgan fingerprint density at radius 2 is 2.09 bits per heavy atom. The Bertz CT molecular complexity index is 682. The van der Waals surface area contributed by atoms with E-state index in [0.717, 1.165) is 11.3 Å². The van der Waals surface area contributed by atoms with Crippen LogP contribution in [0.25, 0.3) is 0 Å². The first-order valence-corrected chi connectivity index (χ1v) is 9.18. The lowest BCUT2D eigenvalue weighted by atomic mass is 9.93. The van der Waals surface area contributed by atoms with Gasteiger partial charge in [0.25, 0.3) is 5.91 Å². The standard InChI is InChI=1S/C13H18N2O5S2/c1-8-3-4-9(13(17)18)6-15(8)12(16)11-5-10(7-21-11)22(19,20)14-2/h5,7-9,14H,3-4,6H2,1-2H3,(H,17,18). The second-order valence-electron chi connectivity index (χ2n) is 5.27. The van der Waals surface area contributed by atoms with Crippen LogP contribution in [0.5, 0.6) is 0 Å². The third kappa shape index (κ3) is 3.31. The Labute approximate surface area is 133 Å². The second-order valence-corrected chi connectivity index (χ2v) is 8.07. The van der Waals surface area contributed by atoms with E-state index in [1.165, 1.54) is 23.4 Å². The zero-order valence-electron chi connectivity index (χ0n) is 12.3. The number of carboxylic acid groups (broad SMARTS) is 1. The summed E-state index contributed by atoms with van der Waals surface area (Å²) in [6, 6.07) is 1.27. The molecule has 22 heavy (non-hydrogen) atoms. The Kier molecular flexibility index (Phi) is 4.88. The van der Waals surface area contributed by atoms with Crippen LogP contribution in [-0.2, 0) is 14.8 Å². The monoisotopic (exact) mass is 346 g/mol. The normalized spacial score (nSPS) is 22.5. The highest BCUT2D eigenvalue weighted by molar-refractivity contribution is 7.89. The van der Waals surface area contributed by atoms with Crippen molar-refractivity contribution >= 4 is 33.2 Å². The molecule has 0 radical (unpaired) electrons. The van der Waals surface area contributed by atoms with Crippen molar-refractivity contribution in [3.05, 3.63) is 16.3 Å². The minimum atomic E-state index is -3.58. The SMILES string of the molecule is CNS(=O)(=O)c1csc(C(=O)N2CC(C(=O)O)CCC2C)c1. The van der Waals surface area contributed by atoms with Gasteiger partial charge in [-0.3, -0.25) is 9.59 Å². The zero-order chi connectivity index (χ0) is 16.5. The van der Waals surface area contributed by atoms with Crippen LogP contribution in [0, 0.1) is 5.92 Å². The Hall–Kier alpha value is -1.45. The topological polar surface area (TPSA) is 104 Å². The molecule has 2 unspecified atom stereocenters. The van der Waals surface area contributed by atoms with E-state index >= 15 is 0 Å². The molecule has 1 aliphatic heterocycles. The number of sulfonamides is 1. The fourth-order valence-electron chi connectivity index (χ4n) is 2.42. The van der Waals surface area contributed by atoms with Crippen molar-refractivity contribution in [1.29, 1.82) is 0 Å². The van der Waals surface area contributed by atoms with Crippen LogP contribution >= 0.6 is 11.3 Å². The number of hydrogen-bond donors (Lipinski definition) is 2. The summed E-state index contributed by atoms with van der Waals surface area (Å²) in [5.74, 6) is -1.80. The van der Waals surface area contributed by atoms with Gasteiger partial charge in [0.15, 0.2) is 0 Å². The molecule has 1 saturated heterocycles. The number of carbonyl (C=O) groups is 2. The van der Waals surface area contributed by atoms with Crippen molar-refractivity contribution in [2.45, 2.75) is 30.7 Å². The van der Waals surface area contributed by atoms with Gasteiger partial charge in [0.1, 0.15) is 0 Å². The highest BCUT2D eigenvalue weighted by atomic mass is 32.2. The number of amides is 1. The van der Waals surface area contributed by atoms with E-state index in [1.54, 1.807) is 0 Å². The number of aliphatic carboxylic acids is 1. The smallest absolute Gasteiger partial charge is 0.308 e. The maximum atomic E-state index is 12.5. The fourth-order valence-corrected chi connectivity index (χ4v) is 4.38. The molecule has 1 fully saturated rings. The van der Waals surface area contributed by atoms with Crippen LogP contribution < -0.4 is 4.72 Å². The van der Waals surface area contributed by atoms with Crippen LogP contribution in [0.2, 0.25) is 0 Å². The molecule has 9 heteroatoms. The van der Waals surface area contributed by atoms with Crippen molar-refractivity contribution in [2.75, 3.05) is 13.6 Å². The molecule has 1 aliphatic rings. The van der Waals surface area contributed by atoms with Gasteiger partial charge < -0.3 is 10.0 Å². The van der Waals surface area contributed by atoms with Crippen LogP contribution in [0.3, 0.4) is 0 Å². The van der Waals surface area contributed by atoms with Crippen molar-refractivity contribution in [3.63, 3.8) is 0 Å². The number of thiophene rings is 1. The summed E-state index contributed by atoms with van der Waals surface area (Å²) in [5, 5.41) is 10.5. The lowest BCUT2D eigenvalue weighted by Crippen LogP contribution is -2.47. The van der Waals surface area contributed by atoms with Gasteiger partial charge in [-0.05, 0) is 32.9 Å². The summed E-state index contributed by atoms with van der Waals surface area (Å²) in [7, 11) is -2.28. The van der Waals surface area contributed by atoms with Crippen molar-refractivity contribution in [3.8, 4) is 0 Å². The lowest BCUT2D eigenvalue weighted by molar-refractivity contribution is -0.143. The van der Waals surface area contributed by atoms with Crippen molar-refractivity contribution in [1.82, 2.24) is 9.62 Å². The average Bonchev–Trinajstić information content (AvgIpc) is 2.97. The largest absolute Gasteiger partial charge is 0.481 e. The Morgan fingerprint density at radius 1 is 1.41 bits per heavy atom. The molecule has 1 aromatic rings. The molecule has 0 aromatic carbocycles. The number of nitrogens with one attached hydrogen (secondary N) is 1. The quantitative estimate of drug-likeness (QED) is 0.846. The molecule has 2 atom stereocenters. The minimum absolute atomic E-state index is 0.0443. The molecule has 0 spiro atoms. The number of carbonyl (C=O) groups excluding carboxylic acids is 1. The number of likely N-dealkylation sites (tertiary alicyclic amines) is 1. The highest BCUT2D eigenvalue weighted by Gasteiger charge is 2.33. The maximum absolute atomic E-state index is 12.5. The number of nitrogens with zero attached hydrogens (tertiary/aromatic N) is 1. The van der Waals surface area contributed by atoms with E-state index in [1.807, 2.05) is 6.92 Å². The molecule has 1 aromatic heterocycles. The molecule has 1 amide bonds. The van der Waals surface area contributed by atoms with Crippen LogP contribution in [0.15, 0.2) is 16.3 Å². The average molecular weight is 346 g/mol.